The lowest BCUT2D eigenvalue weighted by Crippen LogP contribution is -2.13. The van der Waals surface area contributed by atoms with Gasteiger partial charge in [-0.05, 0) is 12.8 Å². The molecule has 62 valence electrons. The van der Waals surface area contributed by atoms with E-state index in [2.05, 4.69) is 5.73 Å². The Hall–Kier alpha value is -0.860. The van der Waals surface area contributed by atoms with Crippen LogP contribution in [-0.4, -0.2) is 11.7 Å². The second-order valence-electron chi connectivity index (χ2n) is 3.46. The summed E-state index contributed by atoms with van der Waals surface area (Å²) in [6.07, 6.45) is 0. The van der Waals surface area contributed by atoms with Crippen molar-refractivity contribution in [1.82, 2.24) is 0 Å². The second-order valence-corrected chi connectivity index (χ2v) is 3.46. The van der Waals surface area contributed by atoms with Crippen molar-refractivity contribution in [2.24, 2.45) is 17.3 Å². The lowest BCUT2D eigenvalue weighted by molar-refractivity contribution is -0.124. The zero-order valence-electron chi connectivity index (χ0n) is 7.92. The van der Waals surface area contributed by atoms with Gasteiger partial charge in [-0.3, -0.25) is 4.79 Å². The summed E-state index contributed by atoms with van der Waals surface area (Å²) in [7, 11) is 0. The van der Waals surface area contributed by atoms with E-state index in [1.54, 1.807) is 6.92 Å². The summed E-state index contributed by atoms with van der Waals surface area (Å²) in [6, 6.07) is 0. The predicted molar refractivity (Wildman–Crippen MR) is 40.8 cm³/mol. The van der Waals surface area contributed by atoms with Crippen LogP contribution in [0.3, 0.4) is 0 Å². The smallest absolute Gasteiger partial charge is 0.134 e. The number of hydrogen-bond acceptors (Lipinski definition) is 2. The van der Waals surface area contributed by atoms with Gasteiger partial charge in [-0.15, -0.1) is 1.41 Å². The van der Waals surface area contributed by atoms with Gasteiger partial charge in [-0.1, -0.05) is 13.8 Å². The van der Waals surface area contributed by atoms with Crippen molar-refractivity contribution in [3.8, 4) is 0 Å². The molecular weight excluding hydrogens is 142 g/mol. The van der Waals surface area contributed by atoms with Gasteiger partial charge in [0.2, 0.25) is 0 Å². The molecule has 11 heavy (non-hydrogen) atoms. The molecule has 1 amide bonds. The molecule has 0 heterocycles. The molecule has 0 saturated heterocycles. The number of carbonyl (C=O) groups is 2. The standard InChI is InChI=1S/C8H13NO2/c1-4-6(5(2)10)8(4,3)7(9)11/h4,6H,1-3H3,(H2,9,11)/p-1/t4?,6-,8-/m1/s1/i/hD. The third-order valence-corrected chi connectivity index (χ3v) is 2.88. The van der Waals surface area contributed by atoms with Crippen LogP contribution in [0.25, 0.3) is 5.73 Å². The Balaban J connectivity index is 2.78. The quantitative estimate of drug-likeness (QED) is 0.605. The predicted octanol–water partition coefficient (Wildman–Crippen LogP) is 1.43. The van der Waals surface area contributed by atoms with E-state index in [1.807, 2.05) is 6.92 Å². The largest absolute Gasteiger partial charge is 0.667 e. The van der Waals surface area contributed by atoms with Crippen molar-refractivity contribution in [3.05, 3.63) is 5.73 Å². The molecule has 0 radical (unpaired) electrons. The molecule has 0 aliphatic heterocycles. The fraction of sp³-hybridized carbons (Fsp3) is 0.750. The van der Waals surface area contributed by atoms with E-state index in [-0.39, 0.29) is 17.6 Å². The normalized spacial score (nSPS) is 42.6. The monoisotopic (exact) mass is 155 g/mol. The van der Waals surface area contributed by atoms with E-state index in [0.29, 0.717) is 0 Å². The first-order valence-electron chi connectivity index (χ1n) is 4.11. The molecule has 0 aromatic rings. The SMILES string of the molecule is [2H][N-]C(=O)[C@]1(C)C(C)[C@@H]1C(C)=O. The summed E-state index contributed by atoms with van der Waals surface area (Å²) in [5.74, 6) is -0.645. The molecule has 0 spiro atoms. The van der Waals surface area contributed by atoms with Crippen molar-refractivity contribution in [2.45, 2.75) is 20.8 Å². The van der Waals surface area contributed by atoms with E-state index in [4.69, 9.17) is 1.41 Å². The highest BCUT2D eigenvalue weighted by atomic mass is 16.2. The van der Waals surface area contributed by atoms with Crippen LogP contribution in [0.1, 0.15) is 20.8 Å². The molecular formula is C8H12NO2-. The summed E-state index contributed by atoms with van der Waals surface area (Å²) in [4.78, 5) is 22.1. The van der Waals surface area contributed by atoms with Crippen LogP contribution in [0, 0.1) is 17.3 Å². The molecule has 1 unspecified atom stereocenters. The number of amides is 1. The van der Waals surface area contributed by atoms with Crippen LogP contribution in [-0.2, 0) is 9.59 Å². The minimum absolute atomic E-state index is 0.0157. The number of nitrogens with one attached hydrogen (secondary N) is 1. The highest BCUT2D eigenvalue weighted by Gasteiger charge is 2.61. The summed E-state index contributed by atoms with van der Waals surface area (Å²) in [5, 5.41) is 0. The van der Waals surface area contributed by atoms with Crippen molar-refractivity contribution >= 4 is 11.7 Å². The molecule has 1 N–H and O–H groups in total. The molecule has 0 aromatic heterocycles. The van der Waals surface area contributed by atoms with Crippen LogP contribution in [0.15, 0.2) is 0 Å². The molecule has 0 bridgehead atoms. The van der Waals surface area contributed by atoms with E-state index < -0.39 is 11.3 Å². The molecule has 1 saturated carbocycles. The van der Waals surface area contributed by atoms with Gasteiger partial charge in [0.25, 0.3) is 0 Å². The number of Topliss-reactive ketones (excluding diaryl/α,β-unsaturated/α-hetero) is 1. The van der Waals surface area contributed by atoms with Crippen LogP contribution in [0.4, 0.5) is 0 Å². The van der Waals surface area contributed by atoms with Crippen LogP contribution < -0.4 is 0 Å². The highest BCUT2D eigenvalue weighted by molar-refractivity contribution is 6.00. The third-order valence-electron chi connectivity index (χ3n) is 2.88. The van der Waals surface area contributed by atoms with E-state index >= 15 is 0 Å². The number of ketones is 1. The Bertz CT molecular complexity index is 241. The molecule has 1 aliphatic rings. The van der Waals surface area contributed by atoms with Gasteiger partial charge in [0.1, 0.15) is 5.78 Å². The molecule has 3 heteroatoms. The molecule has 1 rings (SSSR count). The Morgan fingerprint density at radius 3 is 2.45 bits per heavy atom. The first-order chi connectivity index (χ1) is 5.46. The number of carbonyl (C=O) groups excluding carboxylic acids is 2. The molecule has 3 nitrogen and oxygen atoms in total. The summed E-state index contributed by atoms with van der Waals surface area (Å²) in [5.41, 5.74) is 2.18. The Kier molecular flexibility index (Phi) is 1.28. The third kappa shape index (κ3) is 0.870. The van der Waals surface area contributed by atoms with Crippen LogP contribution in [0.5, 0.6) is 0 Å². The Morgan fingerprint density at radius 1 is 1.64 bits per heavy atom. The minimum atomic E-state index is -0.687. The Labute approximate surface area is 67.4 Å². The van der Waals surface area contributed by atoms with Gasteiger partial charge in [-0.2, -0.15) is 0 Å². The van der Waals surface area contributed by atoms with Gasteiger partial charge in [0, 0.05) is 11.3 Å². The van der Waals surface area contributed by atoms with Crippen LogP contribution in [0.2, 0.25) is 1.41 Å². The Morgan fingerprint density at radius 2 is 2.18 bits per heavy atom. The first kappa shape index (κ1) is 6.83. The summed E-state index contributed by atoms with van der Waals surface area (Å²) >= 11 is 0. The van der Waals surface area contributed by atoms with Crippen LogP contribution >= 0.6 is 0 Å². The lowest BCUT2D eigenvalue weighted by Gasteiger charge is -2.10. The zero-order chi connectivity index (χ0) is 9.52. The van der Waals surface area contributed by atoms with Gasteiger partial charge >= 0.3 is 0 Å². The minimum Gasteiger partial charge on any atom is -0.667 e. The van der Waals surface area contributed by atoms with Crippen molar-refractivity contribution < 1.29 is 11.0 Å². The number of rotatable bonds is 2. The fourth-order valence-electron chi connectivity index (χ4n) is 1.83. The van der Waals surface area contributed by atoms with Crippen molar-refractivity contribution in [1.29, 1.82) is 0 Å². The molecule has 1 fully saturated rings. The molecule has 3 atom stereocenters. The molecule has 0 aromatic carbocycles. The highest BCUT2D eigenvalue weighted by Crippen LogP contribution is 2.59. The van der Waals surface area contributed by atoms with Crippen molar-refractivity contribution in [2.75, 3.05) is 0 Å². The second kappa shape index (κ2) is 2.06. The maximum absolute atomic E-state index is 11.1. The average molecular weight is 155 g/mol. The van der Waals surface area contributed by atoms with E-state index in [0.717, 1.165) is 0 Å². The maximum atomic E-state index is 11.1. The lowest BCUT2D eigenvalue weighted by atomic mass is 10.0. The summed E-state index contributed by atoms with van der Waals surface area (Å²) in [6.45, 7) is 5.02. The molecule has 1 aliphatic carbocycles. The maximum Gasteiger partial charge on any atom is 0.134 e. The average Bonchev–Trinajstić information content (AvgIpc) is 2.55. The van der Waals surface area contributed by atoms with Gasteiger partial charge in [0.15, 0.2) is 0 Å². The first-order valence-corrected chi connectivity index (χ1v) is 3.66. The van der Waals surface area contributed by atoms with Crippen molar-refractivity contribution in [3.63, 3.8) is 0 Å². The summed E-state index contributed by atoms with van der Waals surface area (Å²) < 4.78 is 6.59. The van der Waals surface area contributed by atoms with E-state index in [9.17, 15) is 9.59 Å². The topological polar surface area (TPSA) is 57.9 Å². The van der Waals surface area contributed by atoms with Gasteiger partial charge in [-0.25, -0.2) is 0 Å². The van der Waals surface area contributed by atoms with Gasteiger partial charge in [0.05, 0.1) is 5.91 Å². The number of hydrogen-bond donors (Lipinski definition) is 0. The van der Waals surface area contributed by atoms with Gasteiger partial charge < -0.3 is 10.5 Å². The zero-order valence-corrected chi connectivity index (χ0v) is 6.92. The van der Waals surface area contributed by atoms with E-state index in [1.165, 1.54) is 6.92 Å². The fourth-order valence-corrected chi connectivity index (χ4v) is 1.83.